The number of phenolic OH excluding ortho intramolecular Hbond substituents is 1. The van der Waals surface area contributed by atoms with Crippen molar-refractivity contribution in [3.63, 3.8) is 0 Å². The van der Waals surface area contributed by atoms with Crippen LogP contribution in [0.1, 0.15) is 76.9 Å². The highest BCUT2D eigenvalue weighted by atomic mass is 35.5. The summed E-state index contributed by atoms with van der Waals surface area (Å²) in [5, 5.41) is 15.2. The maximum atomic E-state index is 12.7. The molecule has 2 heterocycles. The molecule has 0 bridgehead atoms. The van der Waals surface area contributed by atoms with E-state index in [0.29, 0.717) is 29.0 Å². The van der Waals surface area contributed by atoms with Crippen LogP contribution < -0.4 is 5.32 Å². The molecule has 0 aliphatic heterocycles. The summed E-state index contributed by atoms with van der Waals surface area (Å²) in [6.07, 6.45) is 9.26. The number of nitrogens with zero attached hydrogens (tertiary/aromatic N) is 2. The van der Waals surface area contributed by atoms with Gasteiger partial charge in [-0.25, -0.2) is 0 Å². The summed E-state index contributed by atoms with van der Waals surface area (Å²) in [6.45, 7) is 13.5. The zero-order valence-electron chi connectivity index (χ0n) is 25.3. The quantitative estimate of drug-likeness (QED) is 0.121. The smallest absolute Gasteiger partial charge is 0.166 e. The lowest BCUT2D eigenvalue weighted by Gasteiger charge is -2.16. The van der Waals surface area contributed by atoms with Crippen molar-refractivity contribution >= 4 is 68.5 Å². The van der Waals surface area contributed by atoms with Gasteiger partial charge in [0, 0.05) is 52.8 Å². The standard InChI is InChI=1S/C22H22N2O2.C15H14ClNO/c1-4-7-20(26)18-13-23-21-15(5-2)8-6-9-17(21)22(18)24-19-11-10-16(25)12-14(19)3;1-3-6-13(18)12-9-17-15-10(4-2)7-5-8-11(15)14(12)16/h5-6,8-13,25H,2,4,7H2,1,3H3,(H,23,24);4-5,7-9H,2-3,6H2,1H3. The van der Waals surface area contributed by atoms with E-state index >= 15 is 0 Å². The highest BCUT2D eigenvalue weighted by Gasteiger charge is 2.17. The van der Waals surface area contributed by atoms with E-state index in [1.807, 2.05) is 63.2 Å². The number of hydrogen-bond acceptors (Lipinski definition) is 6. The normalized spacial score (nSPS) is 10.6. The Morgan fingerprint density at radius 3 is 1.95 bits per heavy atom. The van der Waals surface area contributed by atoms with Gasteiger partial charge < -0.3 is 10.4 Å². The SMILES string of the molecule is C=Cc1cccc2c(Cl)c(C(=O)CCC)cnc12.C=Cc1cccc2c(Nc3ccc(O)cc3C)c(C(=O)CCC)cnc12. The number of hydrogen-bond donors (Lipinski definition) is 2. The van der Waals surface area contributed by atoms with Crippen molar-refractivity contribution in [3.05, 3.63) is 113 Å². The third kappa shape index (κ3) is 6.87. The van der Waals surface area contributed by atoms with Crippen LogP contribution in [0.2, 0.25) is 5.02 Å². The highest BCUT2D eigenvalue weighted by Crippen LogP contribution is 2.34. The number of ketones is 2. The number of aromatic hydroxyl groups is 1. The zero-order valence-corrected chi connectivity index (χ0v) is 26.0. The average molecular weight is 606 g/mol. The molecule has 0 aliphatic carbocycles. The Labute approximate surface area is 263 Å². The molecule has 6 nitrogen and oxygen atoms in total. The Bertz CT molecular complexity index is 1880. The van der Waals surface area contributed by atoms with E-state index < -0.39 is 0 Å². The first-order valence-corrected chi connectivity index (χ1v) is 15.0. The molecule has 0 saturated carbocycles. The number of nitrogens with one attached hydrogen (secondary N) is 1. The predicted octanol–water partition coefficient (Wildman–Crippen LogP) is 10.1. The van der Waals surface area contributed by atoms with Gasteiger partial charge in [-0.2, -0.15) is 0 Å². The van der Waals surface area contributed by atoms with Crippen LogP contribution in [0.15, 0.2) is 80.1 Å². The van der Waals surface area contributed by atoms with Crippen LogP contribution in [0.3, 0.4) is 0 Å². The molecule has 5 rings (SSSR count). The van der Waals surface area contributed by atoms with Crippen LogP contribution >= 0.6 is 11.6 Å². The van der Waals surface area contributed by atoms with Crippen molar-refractivity contribution in [1.29, 1.82) is 0 Å². The maximum absolute atomic E-state index is 12.7. The first-order chi connectivity index (χ1) is 21.2. The van der Waals surface area contributed by atoms with Gasteiger partial charge in [-0.15, -0.1) is 0 Å². The summed E-state index contributed by atoms with van der Waals surface area (Å²) in [7, 11) is 0. The zero-order chi connectivity index (χ0) is 31.8. The predicted molar refractivity (Wildman–Crippen MR) is 183 cm³/mol. The summed E-state index contributed by atoms with van der Waals surface area (Å²) < 4.78 is 0. The van der Waals surface area contributed by atoms with Gasteiger partial charge in [-0.05, 0) is 43.5 Å². The Hall–Kier alpha value is -4.81. The van der Waals surface area contributed by atoms with E-state index in [2.05, 4.69) is 28.4 Å². The molecule has 0 atom stereocenters. The molecule has 0 fully saturated rings. The molecule has 224 valence electrons. The summed E-state index contributed by atoms with van der Waals surface area (Å²) in [5.74, 6) is 0.314. The minimum atomic E-state index is 0.0425. The van der Waals surface area contributed by atoms with E-state index in [4.69, 9.17) is 11.6 Å². The fourth-order valence-corrected chi connectivity index (χ4v) is 5.28. The van der Waals surface area contributed by atoms with Gasteiger partial charge in [-0.1, -0.05) is 87.2 Å². The lowest BCUT2D eigenvalue weighted by atomic mass is 10.0. The minimum absolute atomic E-state index is 0.0425. The summed E-state index contributed by atoms with van der Waals surface area (Å²) in [6, 6.07) is 16.7. The van der Waals surface area contributed by atoms with Crippen molar-refractivity contribution in [2.24, 2.45) is 0 Å². The van der Waals surface area contributed by atoms with Crippen molar-refractivity contribution in [2.75, 3.05) is 5.32 Å². The molecule has 7 heteroatoms. The molecule has 0 saturated heterocycles. The van der Waals surface area contributed by atoms with Crippen LogP contribution in [0, 0.1) is 6.92 Å². The van der Waals surface area contributed by atoms with Gasteiger partial charge in [0.2, 0.25) is 0 Å². The first kappa shape index (κ1) is 32.1. The number of anilines is 2. The maximum Gasteiger partial charge on any atom is 0.166 e. The second-order valence-electron chi connectivity index (χ2n) is 10.4. The van der Waals surface area contributed by atoms with Gasteiger partial charge in [-0.3, -0.25) is 19.6 Å². The van der Waals surface area contributed by atoms with Crippen LogP contribution in [0.4, 0.5) is 11.4 Å². The van der Waals surface area contributed by atoms with Crippen molar-refractivity contribution in [2.45, 2.75) is 46.5 Å². The van der Waals surface area contributed by atoms with E-state index in [-0.39, 0.29) is 17.3 Å². The molecule has 0 unspecified atom stereocenters. The molecular weight excluding hydrogens is 570 g/mol. The number of aromatic nitrogens is 2. The third-order valence-corrected chi connectivity index (χ3v) is 7.66. The monoisotopic (exact) mass is 605 g/mol. The molecular formula is C37H36ClN3O3. The van der Waals surface area contributed by atoms with Gasteiger partial charge in [0.1, 0.15) is 5.75 Å². The van der Waals surface area contributed by atoms with E-state index in [0.717, 1.165) is 62.7 Å². The first-order valence-electron chi connectivity index (χ1n) is 14.6. The number of benzene rings is 3. The number of aryl methyl sites for hydroxylation is 1. The third-order valence-electron chi connectivity index (χ3n) is 7.26. The number of pyridine rings is 2. The van der Waals surface area contributed by atoms with Gasteiger partial charge in [0.05, 0.1) is 32.9 Å². The van der Waals surface area contributed by atoms with Crippen LogP contribution in [0.5, 0.6) is 5.75 Å². The molecule has 0 spiro atoms. The van der Waals surface area contributed by atoms with Gasteiger partial charge in [0.25, 0.3) is 0 Å². The molecule has 2 aromatic heterocycles. The Kier molecular flexibility index (Phi) is 10.6. The van der Waals surface area contributed by atoms with E-state index in [1.54, 1.807) is 36.7 Å². The second-order valence-corrected chi connectivity index (χ2v) is 10.8. The van der Waals surface area contributed by atoms with Gasteiger partial charge in [0.15, 0.2) is 11.6 Å². The highest BCUT2D eigenvalue weighted by molar-refractivity contribution is 6.38. The molecule has 0 aliphatic rings. The second kappa shape index (κ2) is 14.6. The molecule has 0 radical (unpaired) electrons. The topological polar surface area (TPSA) is 92.2 Å². The summed E-state index contributed by atoms with van der Waals surface area (Å²) in [5.41, 5.74) is 6.98. The lowest BCUT2D eigenvalue weighted by molar-refractivity contribution is 0.0974. The molecule has 0 amide bonds. The molecule has 3 aromatic carbocycles. The molecule has 2 N–H and O–H groups in total. The fraction of sp³-hybridized carbons (Fsp3) is 0.189. The number of rotatable bonds is 10. The Morgan fingerprint density at radius 2 is 1.39 bits per heavy atom. The largest absolute Gasteiger partial charge is 0.508 e. The van der Waals surface area contributed by atoms with Crippen LogP contribution in [-0.2, 0) is 0 Å². The number of carbonyl (C=O) groups excluding carboxylic acids is 2. The Morgan fingerprint density at radius 1 is 0.841 bits per heavy atom. The number of carbonyl (C=O) groups is 2. The van der Waals surface area contributed by atoms with Crippen LogP contribution in [0.25, 0.3) is 34.0 Å². The summed E-state index contributed by atoms with van der Waals surface area (Å²) >= 11 is 6.31. The van der Waals surface area contributed by atoms with Crippen molar-refractivity contribution in [3.8, 4) is 5.75 Å². The lowest BCUT2D eigenvalue weighted by Crippen LogP contribution is -2.06. The van der Waals surface area contributed by atoms with Gasteiger partial charge >= 0.3 is 0 Å². The summed E-state index contributed by atoms with van der Waals surface area (Å²) in [4.78, 5) is 33.4. The van der Waals surface area contributed by atoms with Crippen molar-refractivity contribution < 1.29 is 14.7 Å². The minimum Gasteiger partial charge on any atom is -0.508 e. The number of halogens is 1. The number of phenols is 1. The molecule has 44 heavy (non-hydrogen) atoms. The Balaban J connectivity index is 0.000000215. The average Bonchev–Trinajstić information content (AvgIpc) is 3.02. The van der Waals surface area contributed by atoms with E-state index in [1.165, 1.54) is 0 Å². The van der Waals surface area contributed by atoms with Crippen LogP contribution in [-0.4, -0.2) is 26.6 Å². The number of fused-ring (bicyclic) bond motifs is 2. The molecule has 5 aromatic rings. The fourth-order valence-electron chi connectivity index (χ4n) is 4.98. The van der Waals surface area contributed by atoms with Crippen molar-refractivity contribution in [1.82, 2.24) is 9.97 Å². The van der Waals surface area contributed by atoms with E-state index in [9.17, 15) is 14.7 Å². The number of Topliss-reactive ketones (excluding diaryl/α,β-unsaturated/α-hetero) is 2. The number of para-hydroxylation sites is 2.